The second-order valence-electron chi connectivity index (χ2n) is 9.70. The SMILES string of the molecule is Cc1cccc(Cn2cc(/C=C3\SC(=Nc4ccc(N5CCOCC5)cc4)N(C)C3=O)c3ccccc32)c1. The molecule has 4 aromatic rings. The van der Waals surface area contributed by atoms with Crippen molar-refractivity contribution in [3.63, 3.8) is 0 Å². The zero-order valence-corrected chi connectivity index (χ0v) is 22.4. The number of likely N-dealkylation sites (N-methyl/N-ethyl adjacent to an activating group) is 1. The maximum atomic E-state index is 13.2. The van der Waals surface area contributed by atoms with Gasteiger partial charge in [0.2, 0.25) is 0 Å². The van der Waals surface area contributed by atoms with E-state index in [1.807, 2.05) is 24.3 Å². The van der Waals surface area contributed by atoms with Crippen molar-refractivity contribution in [2.75, 3.05) is 38.3 Å². The maximum Gasteiger partial charge on any atom is 0.266 e. The first-order chi connectivity index (χ1) is 18.5. The molecule has 0 aliphatic carbocycles. The molecular formula is C31H30N4O2S. The Balaban J connectivity index is 1.26. The molecule has 0 N–H and O–H groups in total. The number of hydrogen-bond donors (Lipinski definition) is 0. The molecule has 0 bridgehead atoms. The number of benzene rings is 3. The Labute approximate surface area is 227 Å². The minimum Gasteiger partial charge on any atom is -0.378 e. The van der Waals surface area contributed by atoms with Gasteiger partial charge in [0.15, 0.2) is 5.17 Å². The molecule has 1 amide bonds. The lowest BCUT2D eigenvalue weighted by Crippen LogP contribution is -2.36. The maximum absolute atomic E-state index is 13.2. The minimum atomic E-state index is -0.0331. The van der Waals surface area contributed by atoms with Gasteiger partial charge < -0.3 is 14.2 Å². The summed E-state index contributed by atoms with van der Waals surface area (Å²) in [4.78, 5) is 22.6. The van der Waals surface area contributed by atoms with Crippen molar-refractivity contribution in [1.82, 2.24) is 9.47 Å². The van der Waals surface area contributed by atoms with Gasteiger partial charge in [0, 0.05) is 55.0 Å². The quantitative estimate of drug-likeness (QED) is 0.299. The lowest BCUT2D eigenvalue weighted by Gasteiger charge is -2.28. The minimum absolute atomic E-state index is 0.0331. The highest BCUT2D eigenvalue weighted by Gasteiger charge is 2.30. The molecule has 0 saturated carbocycles. The van der Waals surface area contributed by atoms with Crippen LogP contribution in [0.3, 0.4) is 0 Å². The zero-order chi connectivity index (χ0) is 26.1. The number of carbonyl (C=O) groups excluding carboxylic acids is 1. The number of carbonyl (C=O) groups is 1. The summed E-state index contributed by atoms with van der Waals surface area (Å²) in [5, 5.41) is 1.82. The van der Waals surface area contributed by atoms with Crippen LogP contribution < -0.4 is 4.90 Å². The van der Waals surface area contributed by atoms with Crippen LogP contribution in [0.2, 0.25) is 0 Å². The van der Waals surface area contributed by atoms with Gasteiger partial charge in [-0.05, 0) is 60.7 Å². The first-order valence-corrected chi connectivity index (χ1v) is 13.7. The van der Waals surface area contributed by atoms with Crippen LogP contribution in [-0.4, -0.2) is 53.9 Å². The van der Waals surface area contributed by atoms with Gasteiger partial charge >= 0.3 is 0 Å². The fourth-order valence-corrected chi connectivity index (χ4v) is 5.97. The highest BCUT2D eigenvalue weighted by Crippen LogP contribution is 2.35. The highest BCUT2D eigenvalue weighted by atomic mass is 32.2. The number of amides is 1. The van der Waals surface area contributed by atoms with Gasteiger partial charge in [0.25, 0.3) is 5.91 Å². The topological polar surface area (TPSA) is 50.1 Å². The third-order valence-corrected chi connectivity index (χ3v) is 8.06. The van der Waals surface area contributed by atoms with Gasteiger partial charge in [0.1, 0.15) is 0 Å². The molecule has 3 aromatic carbocycles. The van der Waals surface area contributed by atoms with Gasteiger partial charge in [-0.15, -0.1) is 0 Å². The Bertz CT molecular complexity index is 1550. The van der Waals surface area contributed by atoms with Gasteiger partial charge in [-0.1, -0.05) is 48.0 Å². The van der Waals surface area contributed by atoms with Crippen LogP contribution in [0.25, 0.3) is 17.0 Å². The summed E-state index contributed by atoms with van der Waals surface area (Å²) in [6.07, 6.45) is 4.15. The monoisotopic (exact) mass is 522 g/mol. The summed E-state index contributed by atoms with van der Waals surface area (Å²) in [5.41, 5.74) is 6.70. The molecule has 6 rings (SSSR count). The van der Waals surface area contributed by atoms with Gasteiger partial charge in [0.05, 0.1) is 23.8 Å². The van der Waals surface area contributed by atoms with E-state index in [-0.39, 0.29) is 5.91 Å². The number of morpholine rings is 1. The van der Waals surface area contributed by atoms with Crippen LogP contribution in [0.4, 0.5) is 11.4 Å². The Kier molecular flexibility index (Phi) is 6.79. The first kappa shape index (κ1) is 24.5. The van der Waals surface area contributed by atoms with E-state index in [1.54, 1.807) is 11.9 Å². The molecule has 192 valence electrons. The summed E-state index contributed by atoms with van der Waals surface area (Å²) in [6.45, 7) is 6.21. The second-order valence-corrected chi connectivity index (χ2v) is 10.7. The molecule has 2 aliphatic rings. The van der Waals surface area contributed by atoms with Crippen LogP contribution in [0.1, 0.15) is 16.7 Å². The Morgan fingerprint density at radius 2 is 1.79 bits per heavy atom. The molecule has 6 nitrogen and oxygen atoms in total. The molecule has 2 saturated heterocycles. The third-order valence-electron chi connectivity index (χ3n) is 7.00. The van der Waals surface area contributed by atoms with Gasteiger partial charge in [-0.3, -0.25) is 9.69 Å². The van der Waals surface area contributed by atoms with Crippen molar-refractivity contribution in [2.45, 2.75) is 13.5 Å². The number of anilines is 1. The number of aliphatic imine (C=N–C) groups is 1. The average molecular weight is 523 g/mol. The molecule has 1 aromatic heterocycles. The molecular weight excluding hydrogens is 492 g/mol. The molecule has 0 radical (unpaired) electrons. The normalized spacial score (nSPS) is 18.3. The second kappa shape index (κ2) is 10.5. The summed E-state index contributed by atoms with van der Waals surface area (Å²) in [5.74, 6) is -0.0331. The highest BCUT2D eigenvalue weighted by molar-refractivity contribution is 8.18. The van der Waals surface area contributed by atoms with Crippen molar-refractivity contribution >= 4 is 51.2 Å². The first-order valence-electron chi connectivity index (χ1n) is 12.9. The number of ether oxygens (including phenoxy) is 1. The number of fused-ring (bicyclic) bond motifs is 1. The van der Waals surface area contributed by atoms with Crippen LogP contribution in [-0.2, 0) is 16.1 Å². The number of amidine groups is 1. The Morgan fingerprint density at radius 3 is 2.58 bits per heavy atom. The molecule has 0 unspecified atom stereocenters. The van der Waals surface area contributed by atoms with Crippen molar-refractivity contribution in [1.29, 1.82) is 0 Å². The molecule has 2 aliphatic heterocycles. The Morgan fingerprint density at radius 1 is 1.00 bits per heavy atom. The van der Waals surface area contributed by atoms with Crippen LogP contribution in [0, 0.1) is 6.92 Å². The van der Waals surface area contributed by atoms with Gasteiger partial charge in [-0.2, -0.15) is 0 Å². The number of aryl methyl sites for hydroxylation is 1. The lowest BCUT2D eigenvalue weighted by molar-refractivity contribution is -0.121. The molecule has 3 heterocycles. The Hall–Kier alpha value is -3.81. The van der Waals surface area contributed by atoms with E-state index in [2.05, 4.69) is 77.2 Å². The van der Waals surface area contributed by atoms with Crippen molar-refractivity contribution in [2.24, 2.45) is 4.99 Å². The zero-order valence-electron chi connectivity index (χ0n) is 21.6. The van der Waals surface area contributed by atoms with E-state index in [4.69, 9.17) is 9.73 Å². The summed E-state index contributed by atoms with van der Waals surface area (Å²) in [6, 6.07) is 25.1. The number of nitrogens with zero attached hydrogens (tertiary/aromatic N) is 4. The molecule has 0 spiro atoms. The van der Waals surface area contributed by atoms with Crippen LogP contribution in [0.15, 0.2) is 88.9 Å². The number of rotatable bonds is 5. The predicted molar refractivity (Wildman–Crippen MR) is 157 cm³/mol. The largest absolute Gasteiger partial charge is 0.378 e. The van der Waals surface area contributed by atoms with E-state index in [1.165, 1.54) is 28.6 Å². The average Bonchev–Trinajstić information content (AvgIpc) is 3.41. The van der Waals surface area contributed by atoms with E-state index in [0.29, 0.717) is 10.1 Å². The number of hydrogen-bond acceptors (Lipinski definition) is 5. The number of para-hydroxylation sites is 1. The van der Waals surface area contributed by atoms with E-state index >= 15 is 0 Å². The number of thioether (sulfide) groups is 1. The molecule has 7 heteroatoms. The predicted octanol–water partition coefficient (Wildman–Crippen LogP) is 6.07. The number of aromatic nitrogens is 1. The summed E-state index contributed by atoms with van der Waals surface area (Å²) < 4.78 is 7.71. The molecule has 2 fully saturated rings. The molecule has 0 atom stereocenters. The third kappa shape index (κ3) is 4.99. The van der Waals surface area contributed by atoms with E-state index in [0.717, 1.165) is 55.0 Å². The fraction of sp³-hybridized carbons (Fsp3) is 0.226. The van der Waals surface area contributed by atoms with Crippen LogP contribution >= 0.6 is 11.8 Å². The molecule has 38 heavy (non-hydrogen) atoms. The van der Waals surface area contributed by atoms with Crippen molar-refractivity contribution in [3.8, 4) is 0 Å². The smallest absolute Gasteiger partial charge is 0.266 e. The summed E-state index contributed by atoms with van der Waals surface area (Å²) >= 11 is 1.42. The van der Waals surface area contributed by atoms with Crippen molar-refractivity contribution in [3.05, 3.63) is 101 Å². The fourth-order valence-electron chi connectivity index (χ4n) is 4.99. The van der Waals surface area contributed by atoms with E-state index < -0.39 is 0 Å². The van der Waals surface area contributed by atoms with Crippen molar-refractivity contribution < 1.29 is 9.53 Å². The standard InChI is InChI=1S/C31H30N4O2S/c1-22-6-5-7-23(18-22)20-35-21-24(27-8-3-4-9-28(27)35)19-29-30(36)33(2)31(38-29)32-25-10-12-26(13-11-25)34-14-16-37-17-15-34/h3-13,18-19,21H,14-17,20H2,1-2H3/b29-19-,32-31?. The van der Waals surface area contributed by atoms with Gasteiger partial charge in [-0.25, -0.2) is 4.99 Å². The lowest BCUT2D eigenvalue weighted by atomic mass is 10.1. The van der Waals surface area contributed by atoms with Crippen LogP contribution in [0.5, 0.6) is 0 Å². The summed E-state index contributed by atoms with van der Waals surface area (Å²) in [7, 11) is 1.79. The van der Waals surface area contributed by atoms with E-state index in [9.17, 15) is 4.79 Å².